The van der Waals surface area contributed by atoms with E-state index in [0.717, 1.165) is 6.42 Å². The van der Waals surface area contributed by atoms with Crippen molar-refractivity contribution in [2.45, 2.75) is 19.8 Å². The third kappa shape index (κ3) is 3.24. The highest BCUT2D eigenvalue weighted by Gasteiger charge is 2.34. The molecule has 114 valence electrons. The van der Waals surface area contributed by atoms with Gasteiger partial charge in [-0.15, -0.1) is 0 Å². The number of rotatable bonds is 4. The number of nitrogens with zero attached hydrogens (tertiary/aromatic N) is 1. The fourth-order valence-electron chi connectivity index (χ4n) is 3.16. The Balaban J connectivity index is 1.53. The molecule has 1 saturated carbocycles. The minimum atomic E-state index is -0.246. The maximum Gasteiger partial charge on any atom is 0.271 e. The molecular formula is C17H19N3O2. The number of allylic oxidation sites excluding steroid dienone is 2. The summed E-state index contributed by atoms with van der Waals surface area (Å²) < 4.78 is 0. The maximum absolute atomic E-state index is 12.0. The van der Waals surface area contributed by atoms with Crippen LogP contribution in [0.15, 0.2) is 41.5 Å². The number of hydrogen-bond acceptors (Lipinski definition) is 3. The molecule has 1 fully saturated rings. The zero-order valence-corrected chi connectivity index (χ0v) is 12.5. The van der Waals surface area contributed by atoms with Crippen LogP contribution in [0.5, 0.6) is 0 Å². The number of anilines is 1. The lowest BCUT2D eigenvalue weighted by Gasteiger charge is -2.11. The van der Waals surface area contributed by atoms with Gasteiger partial charge in [0.05, 0.1) is 0 Å². The first kappa shape index (κ1) is 14.5. The molecule has 0 radical (unpaired) electrons. The molecule has 2 amide bonds. The Kier molecular flexibility index (Phi) is 4.04. The minimum absolute atomic E-state index is 0.137. The molecule has 3 rings (SSSR count). The Morgan fingerprint density at radius 2 is 1.95 bits per heavy atom. The van der Waals surface area contributed by atoms with Crippen LogP contribution in [0.1, 0.15) is 30.1 Å². The SMILES string of the molecule is CC(=O)Nc1ccc(C(=O)N/N=C\[C@@H]2C[C@H]3C=C[C@H]2C3)cc1. The second-order valence-electron chi connectivity index (χ2n) is 5.92. The van der Waals surface area contributed by atoms with Gasteiger partial charge in [0.15, 0.2) is 0 Å². The minimum Gasteiger partial charge on any atom is -0.326 e. The Morgan fingerprint density at radius 3 is 2.55 bits per heavy atom. The van der Waals surface area contributed by atoms with Crippen LogP contribution in [0.2, 0.25) is 0 Å². The Labute approximate surface area is 129 Å². The fraction of sp³-hybridized carbons (Fsp3) is 0.353. The van der Waals surface area contributed by atoms with E-state index in [2.05, 4.69) is 28.0 Å². The molecule has 0 aromatic heterocycles. The van der Waals surface area contributed by atoms with Crippen molar-refractivity contribution >= 4 is 23.7 Å². The molecule has 5 heteroatoms. The highest BCUT2D eigenvalue weighted by molar-refractivity contribution is 5.95. The van der Waals surface area contributed by atoms with E-state index in [1.165, 1.54) is 13.3 Å². The molecule has 22 heavy (non-hydrogen) atoms. The summed E-state index contributed by atoms with van der Waals surface area (Å²) in [5.41, 5.74) is 3.75. The van der Waals surface area contributed by atoms with E-state index in [4.69, 9.17) is 0 Å². The molecule has 5 nitrogen and oxygen atoms in total. The van der Waals surface area contributed by atoms with E-state index in [0.29, 0.717) is 29.0 Å². The van der Waals surface area contributed by atoms with Crippen LogP contribution in [0.3, 0.4) is 0 Å². The van der Waals surface area contributed by atoms with E-state index in [-0.39, 0.29) is 11.8 Å². The van der Waals surface area contributed by atoms with Gasteiger partial charge in [-0.3, -0.25) is 9.59 Å². The summed E-state index contributed by atoms with van der Waals surface area (Å²) in [6.07, 6.45) is 8.75. The predicted octanol–water partition coefficient (Wildman–Crippen LogP) is 2.57. The second kappa shape index (κ2) is 6.13. The van der Waals surface area contributed by atoms with E-state index in [1.807, 2.05) is 6.21 Å². The molecule has 2 aliphatic rings. The Morgan fingerprint density at radius 1 is 1.18 bits per heavy atom. The van der Waals surface area contributed by atoms with Gasteiger partial charge in [0.2, 0.25) is 5.91 Å². The molecule has 3 atom stereocenters. The largest absolute Gasteiger partial charge is 0.326 e. The number of hydrogen-bond donors (Lipinski definition) is 2. The zero-order valence-electron chi connectivity index (χ0n) is 12.5. The predicted molar refractivity (Wildman–Crippen MR) is 85.5 cm³/mol. The first-order valence-electron chi connectivity index (χ1n) is 7.51. The summed E-state index contributed by atoms with van der Waals surface area (Å²) in [5.74, 6) is 1.34. The molecule has 2 N–H and O–H groups in total. The van der Waals surface area contributed by atoms with Crippen LogP contribution in [0, 0.1) is 17.8 Å². The second-order valence-corrected chi connectivity index (χ2v) is 5.92. The summed E-state index contributed by atoms with van der Waals surface area (Å²) in [4.78, 5) is 22.9. The summed E-state index contributed by atoms with van der Waals surface area (Å²) in [6, 6.07) is 6.72. The molecule has 1 aromatic rings. The topological polar surface area (TPSA) is 70.6 Å². The van der Waals surface area contributed by atoms with Crippen LogP contribution in [0.25, 0.3) is 0 Å². The van der Waals surface area contributed by atoms with Crippen molar-refractivity contribution in [1.29, 1.82) is 0 Å². The number of carbonyl (C=O) groups is 2. The number of amides is 2. The van der Waals surface area contributed by atoms with Crippen molar-refractivity contribution < 1.29 is 9.59 Å². The third-order valence-corrected chi connectivity index (χ3v) is 4.23. The van der Waals surface area contributed by atoms with Gasteiger partial charge in [-0.1, -0.05) is 12.2 Å². The smallest absolute Gasteiger partial charge is 0.271 e. The third-order valence-electron chi connectivity index (χ3n) is 4.23. The van der Waals surface area contributed by atoms with Gasteiger partial charge in [0, 0.05) is 30.3 Å². The van der Waals surface area contributed by atoms with Crippen molar-refractivity contribution in [3.63, 3.8) is 0 Å². The van der Waals surface area contributed by atoms with Crippen LogP contribution < -0.4 is 10.7 Å². The monoisotopic (exact) mass is 297 g/mol. The van der Waals surface area contributed by atoms with E-state index < -0.39 is 0 Å². The van der Waals surface area contributed by atoms with Crippen LogP contribution >= 0.6 is 0 Å². The molecule has 0 unspecified atom stereocenters. The van der Waals surface area contributed by atoms with Crippen LogP contribution in [0.4, 0.5) is 5.69 Å². The number of nitrogens with one attached hydrogen (secondary N) is 2. The summed E-state index contributed by atoms with van der Waals surface area (Å²) in [7, 11) is 0. The average Bonchev–Trinajstić information content (AvgIpc) is 3.10. The van der Waals surface area contributed by atoms with Crippen molar-refractivity contribution in [2.24, 2.45) is 22.9 Å². The fourth-order valence-corrected chi connectivity index (χ4v) is 3.16. The number of fused-ring (bicyclic) bond motifs is 2. The number of hydrazone groups is 1. The lowest BCUT2D eigenvalue weighted by atomic mass is 9.95. The van der Waals surface area contributed by atoms with E-state index >= 15 is 0 Å². The summed E-state index contributed by atoms with van der Waals surface area (Å²) in [6.45, 7) is 1.44. The molecule has 1 aromatic carbocycles. The van der Waals surface area contributed by atoms with Crippen LogP contribution in [-0.2, 0) is 4.79 Å². The van der Waals surface area contributed by atoms with Gasteiger partial charge in [-0.05, 0) is 48.9 Å². The molecule has 2 aliphatic carbocycles. The van der Waals surface area contributed by atoms with Gasteiger partial charge in [-0.25, -0.2) is 5.43 Å². The van der Waals surface area contributed by atoms with E-state index in [1.54, 1.807) is 24.3 Å². The molecule has 0 aliphatic heterocycles. The van der Waals surface area contributed by atoms with E-state index in [9.17, 15) is 9.59 Å². The summed E-state index contributed by atoms with van der Waals surface area (Å²) in [5, 5.41) is 6.75. The first-order chi connectivity index (χ1) is 10.6. The summed E-state index contributed by atoms with van der Waals surface area (Å²) >= 11 is 0. The number of carbonyl (C=O) groups excluding carboxylic acids is 2. The van der Waals surface area contributed by atoms with Crippen molar-refractivity contribution in [2.75, 3.05) is 5.32 Å². The molecule has 0 saturated heterocycles. The van der Waals surface area contributed by atoms with Gasteiger partial charge < -0.3 is 5.32 Å². The molecule has 0 heterocycles. The maximum atomic E-state index is 12.0. The average molecular weight is 297 g/mol. The molecule has 2 bridgehead atoms. The van der Waals surface area contributed by atoms with Crippen molar-refractivity contribution in [3.8, 4) is 0 Å². The zero-order chi connectivity index (χ0) is 15.5. The Hall–Kier alpha value is -2.43. The highest BCUT2D eigenvalue weighted by atomic mass is 16.2. The van der Waals surface area contributed by atoms with Gasteiger partial charge >= 0.3 is 0 Å². The molecular weight excluding hydrogens is 278 g/mol. The standard InChI is InChI=1S/C17H19N3O2/c1-11(21)19-16-6-4-13(5-7-16)17(22)20-18-10-15-9-12-2-3-14(15)8-12/h2-7,10,12,14-15H,8-9H2,1H3,(H,19,21)(H,20,22)/b18-10-/t12-,14-,15-/m0/s1. The molecule has 0 spiro atoms. The Bertz CT molecular complexity index is 634. The quantitative estimate of drug-likeness (QED) is 0.509. The van der Waals surface area contributed by atoms with Gasteiger partial charge in [0.1, 0.15) is 0 Å². The normalized spacial score (nSPS) is 25.6. The lowest BCUT2D eigenvalue weighted by Crippen LogP contribution is -2.19. The first-order valence-corrected chi connectivity index (χ1v) is 7.51. The van der Waals surface area contributed by atoms with Gasteiger partial charge in [0.25, 0.3) is 5.91 Å². The van der Waals surface area contributed by atoms with Gasteiger partial charge in [-0.2, -0.15) is 5.10 Å². The number of benzene rings is 1. The van der Waals surface area contributed by atoms with Crippen molar-refractivity contribution in [3.05, 3.63) is 42.0 Å². The highest BCUT2D eigenvalue weighted by Crippen LogP contribution is 2.42. The van der Waals surface area contributed by atoms with Crippen molar-refractivity contribution in [1.82, 2.24) is 5.43 Å². The van der Waals surface area contributed by atoms with Crippen LogP contribution in [-0.4, -0.2) is 18.0 Å². The lowest BCUT2D eigenvalue weighted by molar-refractivity contribution is -0.114.